The summed E-state index contributed by atoms with van der Waals surface area (Å²) in [7, 11) is 0. The smallest absolute Gasteiger partial charge is 0.120 e. The first-order valence-corrected chi connectivity index (χ1v) is 7.70. The minimum absolute atomic E-state index is 0.329. The minimum Gasteiger partial charge on any atom is -0.494 e. The molecule has 2 nitrogen and oxygen atoms in total. The predicted octanol–water partition coefficient (Wildman–Crippen LogP) is 5.20. The van der Waals surface area contributed by atoms with E-state index in [-0.39, 0.29) is 6.04 Å². The Balaban J connectivity index is 2.35. The molecule has 0 saturated heterocycles. The maximum atomic E-state index is 6.29. The Labute approximate surface area is 137 Å². The second-order valence-corrected chi connectivity index (χ2v) is 5.96. The molecule has 2 rings (SSSR count). The second-order valence-electron chi connectivity index (χ2n) is 4.26. The number of benzene rings is 2. The van der Waals surface area contributed by atoms with Crippen LogP contribution in [-0.4, -0.2) is 6.61 Å². The SMILES string of the molecule is CCOc1ccc(C(N)c2ccc(Cl)cc2Cl)c(Br)c1. The molecule has 1 unspecified atom stereocenters. The van der Waals surface area contributed by atoms with Gasteiger partial charge in [0.2, 0.25) is 0 Å². The molecule has 2 N–H and O–H groups in total. The van der Waals surface area contributed by atoms with Gasteiger partial charge in [-0.1, -0.05) is 51.3 Å². The first kappa shape index (κ1) is 15.6. The van der Waals surface area contributed by atoms with Crippen molar-refractivity contribution in [1.29, 1.82) is 0 Å². The van der Waals surface area contributed by atoms with Crippen molar-refractivity contribution in [2.24, 2.45) is 5.73 Å². The Kier molecular flexibility index (Phi) is 5.33. The van der Waals surface area contributed by atoms with Crippen LogP contribution in [-0.2, 0) is 0 Å². The second kappa shape index (κ2) is 6.81. The average Bonchev–Trinajstić information content (AvgIpc) is 2.38. The van der Waals surface area contributed by atoms with Crippen molar-refractivity contribution in [2.45, 2.75) is 13.0 Å². The highest BCUT2D eigenvalue weighted by atomic mass is 79.9. The lowest BCUT2D eigenvalue weighted by Crippen LogP contribution is -2.13. The molecular formula is C15H14BrCl2NO. The van der Waals surface area contributed by atoms with Crippen LogP contribution in [0, 0.1) is 0 Å². The lowest BCUT2D eigenvalue weighted by Gasteiger charge is -2.17. The van der Waals surface area contributed by atoms with Gasteiger partial charge < -0.3 is 10.5 Å². The van der Waals surface area contributed by atoms with Crippen molar-refractivity contribution in [2.75, 3.05) is 6.61 Å². The van der Waals surface area contributed by atoms with E-state index in [0.717, 1.165) is 21.3 Å². The van der Waals surface area contributed by atoms with E-state index in [1.54, 1.807) is 12.1 Å². The van der Waals surface area contributed by atoms with Crippen LogP contribution in [0.1, 0.15) is 24.1 Å². The summed E-state index contributed by atoms with van der Waals surface area (Å²) in [6.07, 6.45) is 0. The zero-order valence-corrected chi connectivity index (χ0v) is 14.0. The van der Waals surface area contributed by atoms with Gasteiger partial charge in [0.1, 0.15) is 5.75 Å². The Bertz CT molecular complexity index is 619. The van der Waals surface area contributed by atoms with E-state index in [4.69, 9.17) is 33.7 Å². The van der Waals surface area contributed by atoms with E-state index in [0.29, 0.717) is 16.7 Å². The lowest BCUT2D eigenvalue weighted by atomic mass is 9.99. The fourth-order valence-corrected chi connectivity index (χ4v) is 3.07. The van der Waals surface area contributed by atoms with Gasteiger partial charge in [-0.05, 0) is 42.3 Å². The van der Waals surface area contributed by atoms with E-state index in [1.807, 2.05) is 31.2 Å². The number of rotatable bonds is 4. The van der Waals surface area contributed by atoms with Crippen LogP contribution in [0.5, 0.6) is 5.75 Å². The Hall–Kier alpha value is -0.740. The zero-order valence-electron chi connectivity index (χ0n) is 10.9. The maximum Gasteiger partial charge on any atom is 0.120 e. The summed E-state index contributed by atoms with van der Waals surface area (Å²) in [6.45, 7) is 2.57. The van der Waals surface area contributed by atoms with Gasteiger partial charge in [0.05, 0.1) is 12.6 Å². The van der Waals surface area contributed by atoms with Crippen molar-refractivity contribution in [3.63, 3.8) is 0 Å². The molecule has 2 aromatic carbocycles. The third-order valence-electron chi connectivity index (χ3n) is 2.92. The quantitative estimate of drug-likeness (QED) is 0.797. The molecular weight excluding hydrogens is 361 g/mol. The van der Waals surface area contributed by atoms with Gasteiger partial charge in [-0.25, -0.2) is 0 Å². The molecule has 0 aliphatic rings. The van der Waals surface area contributed by atoms with Gasteiger partial charge in [-0.2, -0.15) is 0 Å². The molecule has 5 heteroatoms. The normalized spacial score (nSPS) is 12.2. The van der Waals surface area contributed by atoms with E-state index in [9.17, 15) is 0 Å². The summed E-state index contributed by atoms with van der Waals surface area (Å²) in [5.41, 5.74) is 8.07. The first-order chi connectivity index (χ1) is 9.52. The highest BCUT2D eigenvalue weighted by Gasteiger charge is 2.16. The van der Waals surface area contributed by atoms with Crippen LogP contribution in [0.15, 0.2) is 40.9 Å². The van der Waals surface area contributed by atoms with Crippen LogP contribution in [0.4, 0.5) is 0 Å². The molecule has 0 aromatic heterocycles. The molecule has 0 amide bonds. The Morgan fingerprint density at radius 1 is 1.15 bits per heavy atom. The summed E-state index contributed by atoms with van der Waals surface area (Å²) in [5, 5.41) is 1.16. The van der Waals surface area contributed by atoms with Crippen molar-refractivity contribution < 1.29 is 4.74 Å². The fourth-order valence-electron chi connectivity index (χ4n) is 1.94. The fraction of sp³-hybridized carbons (Fsp3) is 0.200. The van der Waals surface area contributed by atoms with E-state index < -0.39 is 0 Å². The van der Waals surface area contributed by atoms with Gasteiger partial charge in [0, 0.05) is 14.5 Å². The minimum atomic E-state index is -0.329. The summed E-state index contributed by atoms with van der Waals surface area (Å²) in [4.78, 5) is 0. The van der Waals surface area contributed by atoms with Crippen molar-refractivity contribution in [3.8, 4) is 5.75 Å². The molecule has 0 saturated carbocycles. The monoisotopic (exact) mass is 373 g/mol. The van der Waals surface area contributed by atoms with Crippen LogP contribution in [0.2, 0.25) is 10.0 Å². The van der Waals surface area contributed by atoms with Gasteiger partial charge in [-0.15, -0.1) is 0 Å². The first-order valence-electron chi connectivity index (χ1n) is 6.15. The summed E-state index contributed by atoms with van der Waals surface area (Å²) in [5.74, 6) is 0.803. The standard InChI is InChI=1S/C15H14BrCl2NO/c1-2-20-10-4-6-11(13(16)8-10)15(19)12-5-3-9(17)7-14(12)18/h3-8,15H,2,19H2,1H3. The number of hydrogen-bond donors (Lipinski definition) is 1. The largest absolute Gasteiger partial charge is 0.494 e. The Morgan fingerprint density at radius 2 is 1.85 bits per heavy atom. The summed E-state index contributed by atoms with van der Waals surface area (Å²) >= 11 is 15.6. The van der Waals surface area contributed by atoms with Crippen molar-refractivity contribution in [3.05, 3.63) is 62.0 Å². The average molecular weight is 375 g/mol. The molecule has 0 spiro atoms. The highest BCUT2D eigenvalue weighted by molar-refractivity contribution is 9.10. The number of ether oxygens (including phenoxy) is 1. The number of nitrogens with two attached hydrogens (primary N) is 1. The molecule has 106 valence electrons. The Morgan fingerprint density at radius 3 is 2.45 bits per heavy atom. The summed E-state index contributed by atoms with van der Waals surface area (Å²) in [6, 6.07) is 10.7. The van der Waals surface area contributed by atoms with Gasteiger partial charge in [-0.3, -0.25) is 0 Å². The van der Waals surface area contributed by atoms with E-state index in [2.05, 4.69) is 15.9 Å². The van der Waals surface area contributed by atoms with Gasteiger partial charge in [0.15, 0.2) is 0 Å². The van der Waals surface area contributed by atoms with Crippen LogP contribution < -0.4 is 10.5 Å². The molecule has 1 atom stereocenters. The van der Waals surface area contributed by atoms with Gasteiger partial charge in [0.25, 0.3) is 0 Å². The van der Waals surface area contributed by atoms with E-state index in [1.165, 1.54) is 0 Å². The van der Waals surface area contributed by atoms with Crippen molar-refractivity contribution >= 4 is 39.1 Å². The van der Waals surface area contributed by atoms with Crippen molar-refractivity contribution in [1.82, 2.24) is 0 Å². The number of halogens is 3. The van der Waals surface area contributed by atoms with Crippen LogP contribution in [0.3, 0.4) is 0 Å². The topological polar surface area (TPSA) is 35.2 Å². The third kappa shape index (κ3) is 3.47. The lowest BCUT2D eigenvalue weighted by molar-refractivity contribution is 0.340. The predicted molar refractivity (Wildman–Crippen MR) is 87.8 cm³/mol. The molecule has 0 bridgehead atoms. The molecule has 0 heterocycles. The maximum absolute atomic E-state index is 6.29. The summed E-state index contributed by atoms with van der Waals surface area (Å²) < 4.78 is 6.34. The molecule has 2 aromatic rings. The highest BCUT2D eigenvalue weighted by Crippen LogP contribution is 2.34. The molecule has 0 radical (unpaired) electrons. The zero-order chi connectivity index (χ0) is 14.7. The molecule has 0 aliphatic heterocycles. The van der Waals surface area contributed by atoms with Gasteiger partial charge >= 0.3 is 0 Å². The van der Waals surface area contributed by atoms with Crippen LogP contribution in [0.25, 0.3) is 0 Å². The molecule has 0 aliphatic carbocycles. The number of hydrogen-bond acceptors (Lipinski definition) is 2. The molecule has 0 fully saturated rings. The van der Waals surface area contributed by atoms with E-state index >= 15 is 0 Å². The third-order valence-corrected chi connectivity index (χ3v) is 4.16. The van der Waals surface area contributed by atoms with Crippen LogP contribution >= 0.6 is 39.1 Å². The molecule has 20 heavy (non-hydrogen) atoms.